The van der Waals surface area contributed by atoms with Gasteiger partial charge in [0, 0.05) is 0 Å². The third-order valence-electron chi connectivity index (χ3n) is 4.13. The highest BCUT2D eigenvalue weighted by Crippen LogP contribution is 2.29. The van der Waals surface area contributed by atoms with Gasteiger partial charge in [0.2, 0.25) is 0 Å². The molecule has 0 aromatic heterocycles. The summed E-state index contributed by atoms with van der Waals surface area (Å²) in [7, 11) is 0. The Labute approximate surface area is 104 Å². The molecule has 0 N–H and O–H groups in total. The molecular formula is C16H32. The van der Waals surface area contributed by atoms with Crippen molar-refractivity contribution in [3.63, 3.8) is 0 Å². The Morgan fingerprint density at radius 2 is 1.50 bits per heavy atom. The minimum Gasteiger partial charge on any atom is -0.0887 e. The highest BCUT2D eigenvalue weighted by molar-refractivity contribution is 4.97. The molecule has 0 nitrogen and oxygen atoms in total. The summed E-state index contributed by atoms with van der Waals surface area (Å²) < 4.78 is 0. The van der Waals surface area contributed by atoms with E-state index in [2.05, 4.69) is 54.5 Å². The SMILES string of the molecule is CC=C(C)CC(C)C(C)C(C)CCC(C)C. The molecule has 3 unspecified atom stereocenters. The van der Waals surface area contributed by atoms with E-state index in [9.17, 15) is 0 Å². The summed E-state index contributed by atoms with van der Waals surface area (Å²) in [5, 5.41) is 0. The Bertz CT molecular complexity index is 200. The van der Waals surface area contributed by atoms with E-state index in [0.717, 1.165) is 23.7 Å². The van der Waals surface area contributed by atoms with Crippen molar-refractivity contribution in [1.29, 1.82) is 0 Å². The van der Waals surface area contributed by atoms with Gasteiger partial charge in [-0.15, -0.1) is 0 Å². The average Bonchev–Trinajstić information content (AvgIpc) is 2.24. The zero-order valence-electron chi connectivity index (χ0n) is 12.5. The van der Waals surface area contributed by atoms with Crippen LogP contribution < -0.4 is 0 Å². The minimum atomic E-state index is 0.818. The molecule has 0 spiro atoms. The molecule has 0 heteroatoms. The molecule has 0 aromatic rings. The van der Waals surface area contributed by atoms with Gasteiger partial charge in [0.15, 0.2) is 0 Å². The number of allylic oxidation sites excluding steroid dienone is 2. The van der Waals surface area contributed by atoms with Crippen LogP contribution in [-0.4, -0.2) is 0 Å². The summed E-state index contributed by atoms with van der Waals surface area (Å²) in [5.74, 6) is 3.37. The van der Waals surface area contributed by atoms with E-state index < -0.39 is 0 Å². The molecule has 96 valence electrons. The Morgan fingerprint density at radius 1 is 0.938 bits per heavy atom. The fourth-order valence-electron chi connectivity index (χ4n) is 2.23. The van der Waals surface area contributed by atoms with E-state index in [-0.39, 0.29) is 0 Å². The van der Waals surface area contributed by atoms with Crippen molar-refractivity contribution in [3.05, 3.63) is 11.6 Å². The van der Waals surface area contributed by atoms with Gasteiger partial charge in [-0.3, -0.25) is 0 Å². The summed E-state index contributed by atoms with van der Waals surface area (Å²) in [6.07, 6.45) is 6.28. The lowest BCUT2D eigenvalue weighted by Gasteiger charge is -2.27. The Morgan fingerprint density at radius 3 is 1.94 bits per heavy atom. The average molecular weight is 224 g/mol. The van der Waals surface area contributed by atoms with Crippen molar-refractivity contribution in [2.24, 2.45) is 23.7 Å². The van der Waals surface area contributed by atoms with E-state index >= 15 is 0 Å². The van der Waals surface area contributed by atoms with Crippen molar-refractivity contribution in [2.75, 3.05) is 0 Å². The van der Waals surface area contributed by atoms with Crippen LogP contribution in [0, 0.1) is 23.7 Å². The number of hydrogen-bond acceptors (Lipinski definition) is 0. The van der Waals surface area contributed by atoms with Crippen LogP contribution in [-0.2, 0) is 0 Å². The summed E-state index contributed by atoms with van der Waals surface area (Å²) in [6.45, 7) is 16.3. The second-order valence-corrected chi connectivity index (χ2v) is 6.12. The van der Waals surface area contributed by atoms with E-state index in [4.69, 9.17) is 0 Å². The predicted octanol–water partition coefficient (Wildman–Crippen LogP) is 5.69. The van der Waals surface area contributed by atoms with Gasteiger partial charge in [0.1, 0.15) is 0 Å². The fraction of sp³-hybridized carbons (Fsp3) is 0.875. The molecule has 0 saturated carbocycles. The van der Waals surface area contributed by atoms with Crippen molar-refractivity contribution in [3.8, 4) is 0 Å². The molecule has 0 aliphatic carbocycles. The van der Waals surface area contributed by atoms with Crippen LogP contribution in [0.15, 0.2) is 11.6 Å². The molecule has 0 fully saturated rings. The lowest BCUT2D eigenvalue weighted by Crippen LogP contribution is -2.17. The number of hydrogen-bond donors (Lipinski definition) is 0. The standard InChI is InChI=1S/C16H32/c1-8-13(4)11-15(6)16(7)14(5)10-9-12(2)3/h8,12,14-16H,9-11H2,1-7H3. The first-order valence-corrected chi connectivity index (χ1v) is 7.00. The van der Waals surface area contributed by atoms with Gasteiger partial charge in [-0.25, -0.2) is 0 Å². The molecule has 0 aliphatic heterocycles. The normalized spacial score (nSPS) is 18.6. The third-order valence-corrected chi connectivity index (χ3v) is 4.13. The van der Waals surface area contributed by atoms with Crippen molar-refractivity contribution < 1.29 is 0 Å². The molecule has 0 aromatic carbocycles. The summed E-state index contributed by atoms with van der Waals surface area (Å²) in [5.41, 5.74) is 1.54. The molecule has 0 amide bonds. The maximum absolute atomic E-state index is 2.43. The van der Waals surface area contributed by atoms with Crippen LogP contribution in [0.1, 0.15) is 67.7 Å². The minimum absolute atomic E-state index is 0.818. The zero-order valence-corrected chi connectivity index (χ0v) is 12.5. The van der Waals surface area contributed by atoms with Gasteiger partial charge < -0.3 is 0 Å². The Hall–Kier alpha value is -0.260. The highest BCUT2D eigenvalue weighted by Gasteiger charge is 2.19. The maximum atomic E-state index is 2.43. The zero-order chi connectivity index (χ0) is 12.7. The molecule has 0 saturated heterocycles. The largest absolute Gasteiger partial charge is 0.0887 e. The molecule has 0 aliphatic rings. The lowest BCUT2D eigenvalue weighted by molar-refractivity contribution is 0.253. The van der Waals surface area contributed by atoms with E-state index in [1.165, 1.54) is 24.8 Å². The van der Waals surface area contributed by atoms with Gasteiger partial charge in [-0.05, 0) is 43.9 Å². The second kappa shape index (κ2) is 7.92. The first-order chi connectivity index (χ1) is 7.38. The number of rotatable bonds is 7. The van der Waals surface area contributed by atoms with Crippen molar-refractivity contribution >= 4 is 0 Å². The Balaban J connectivity index is 4.05. The van der Waals surface area contributed by atoms with Gasteiger partial charge in [0.25, 0.3) is 0 Å². The molecular weight excluding hydrogens is 192 g/mol. The molecule has 0 bridgehead atoms. The van der Waals surface area contributed by atoms with Gasteiger partial charge in [-0.2, -0.15) is 0 Å². The maximum Gasteiger partial charge on any atom is -0.0295 e. The second-order valence-electron chi connectivity index (χ2n) is 6.12. The highest BCUT2D eigenvalue weighted by atomic mass is 14.2. The fourth-order valence-corrected chi connectivity index (χ4v) is 2.23. The van der Waals surface area contributed by atoms with Crippen molar-refractivity contribution in [1.82, 2.24) is 0 Å². The Kier molecular flexibility index (Phi) is 7.80. The summed E-state index contributed by atoms with van der Waals surface area (Å²) in [4.78, 5) is 0. The van der Waals surface area contributed by atoms with Crippen LogP contribution in [0.2, 0.25) is 0 Å². The van der Waals surface area contributed by atoms with Gasteiger partial charge >= 0.3 is 0 Å². The van der Waals surface area contributed by atoms with Gasteiger partial charge in [0.05, 0.1) is 0 Å². The van der Waals surface area contributed by atoms with E-state index in [1.807, 2.05) is 0 Å². The lowest BCUT2D eigenvalue weighted by atomic mass is 9.79. The molecule has 0 heterocycles. The molecule has 0 radical (unpaired) electrons. The molecule has 0 rings (SSSR count). The quantitative estimate of drug-likeness (QED) is 0.487. The smallest absolute Gasteiger partial charge is 0.0295 e. The van der Waals surface area contributed by atoms with Crippen LogP contribution >= 0.6 is 0 Å². The first-order valence-electron chi connectivity index (χ1n) is 7.00. The van der Waals surface area contributed by atoms with Crippen LogP contribution in [0.5, 0.6) is 0 Å². The van der Waals surface area contributed by atoms with Crippen LogP contribution in [0.4, 0.5) is 0 Å². The van der Waals surface area contributed by atoms with Crippen LogP contribution in [0.25, 0.3) is 0 Å². The predicted molar refractivity (Wildman–Crippen MR) is 75.6 cm³/mol. The van der Waals surface area contributed by atoms with Crippen LogP contribution in [0.3, 0.4) is 0 Å². The van der Waals surface area contributed by atoms with Crippen molar-refractivity contribution in [2.45, 2.75) is 67.7 Å². The monoisotopic (exact) mass is 224 g/mol. The summed E-state index contributed by atoms with van der Waals surface area (Å²) >= 11 is 0. The third kappa shape index (κ3) is 6.35. The van der Waals surface area contributed by atoms with E-state index in [1.54, 1.807) is 0 Å². The first kappa shape index (κ1) is 15.7. The van der Waals surface area contributed by atoms with E-state index in [0.29, 0.717) is 0 Å². The summed E-state index contributed by atoms with van der Waals surface area (Å²) in [6, 6.07) is 0. The molecule has 3 atom stereocenters. The molecule has 16 heavy (non-hydrogen) atoms. The topological polar surface area (TPSA) is 0 Å². The van der Waals surface area contributed by atoms with Gasteiger partial charge in [-0.1, -0.05) is 59.1 Å².